The Kier molecular flexibility index (Phi) is 8.68. The van der Waals surface area contributed by atoms with Crippen LogP contribution in [0.25, 0.3) is 0 Å². The molecule has 0 radical (unpaired) electrons. The van der Waals surface area contributed by atoms with E-state index in [0.717, 1.165) is 18.4 Å². The van der Waals surface area contributed by atoms with Crippen molar-refractivity contribution in [3.8, 4) is 12.3 Å². The molecule has 25 heavy (non-hydrogen) atoms. The largest absolute Gasteiger partial charge is 0.459 e. The van der Waals surface area contributed by atoms with Crippen molar-refractivity contribution in [1.29, 1.82) is 0 Å². The van der Waals surface area contributed by atoms with Gasteiger partial charge in [0, 0.05) is 13.2 Å². The summed E-state index contributed by atoms with van der Waals surface area (Å²) in [5, 5.41) is 0. The van der Waals surface area contributed by atoms with Crippen LogP contribution in [0.4, 0.5) is 0 Å². The Labute approximate surface area is 151 Å². The van der Waals surface area contributed by atoms with Gasteiger partial charge in [-0.05, 0) is 51.2 Å². The monoisotopic (exact) mass is 346 g/mol. The number of esters is 1. The summed E-state index contributed by atoms with van der Waals surface area (Å²) in [6.45, 7) is 8.04. The van der Waals surface area contributed by atoms with Crippen molar-refractivity contribution in [2.45, 2.75) is 58.3 Å². The molecule has 1 heterocycles. The Bertz CT molecular complexity index is 567. The fourth-order valence-electron chi connectivity index (χ4n) is 2.54. The fourth-order valence-corrected chi connectivity index (χ4v) is 2.54. The highest BCUT2D eigenvalue weighted by Crippen LogP contribution is 2.20. The lowest BCUT2D eigenvalue weighted by atomic mass is 9.97. The number of ether oxygens (including phenoxy) is 3. The van der Waals surface area contributed by atoms with Gasteiger partial charge in [-0.25, -0.2) is 4.79 Å². The van der Waals surface area contributed by atoms with Crippen LogP contribution in [0.2, 0.25) is 0 Å². The predicted molar refractivity (Wildman–Crippen MR) is 100.0 cm³/mol. The van der Waals surface area contributed by atoms with Gasteiger partial charge < -0.3 is 14.2 Å². The Hall–Kier alpha value is -1.83. The van der Waals surface area contributed by atoms with Crippen LogP contribution in [0.3, 0.4) is 0 Å². The molecule has 4 nitrogen and oxygen atoms in total. The molecule has 4 atom stereocenters. The molecule has 1 aliphatic rings. The molecule has 4 heteroatoms. The Morgan fingerprint density at radius 2 is 2.12 bits per heavy atom. The molecule has 0 aliphatic carbocycles. The van der Waals surface area contributed by atoms with E-state index < -0.39 is 5.60 Å². The van der Waals surface area contributed by atoms with Crippen LogP contribution in [-0.4, -0.2) is 37.5 Å². The first kappa shape index (κ1) is 21.2. The van der Waals surface area contributed by atoms with E-state index >= 15 is 0 Å². The summed E-state index contributed by atoms with van der Waals surface area (Å²) in [6, 6.07) is 0. The number of hydrogen-bond donors (Lipinski definition) is 0. The summed E-state index contributed by atoms with van der Waals surface area (Å²) >= 11 is 0. The molecule has 0 spiro atoms. The molecule has 0 aromatic rings. The smallest absolute Gasteiger partial charge is 0.330 e. The lowest BCUT2D eigenvalue weighted by Gasteiger charge is -2.24. The van der Waals surface area contributed by atoms with E-state index in [1.165, 1.54) is 6.08 Å². The number of carbonyl (C=O) groups excluding carboxylic acids is 1. The maximum Gasteiger partial charge on any atom is 0.330 e. The van der Waals surface area contributed by atoms with E-state index in [4.69, 9.17) is 20.6 Å². The Balaban J connectivity index is 3.16. The number of terminal acetylenes is 1. The highest BCUT2D eigenvalue weighted by molar-refractivity contribution is 5.82. The highest BCUT2D eigenvalue weighted by Gasteiger charge is 2.21. The van der Waals surface area contributed by atoms with Crippen LogP contribution in [0.1, 0.15) is 40.5 Å². The minimum Gasteiger partial charge on any atom is -0.459 e. The summed E-state index contributed by atoms with van der Waals surface area (Å²) in [7, 11) is 1.67. The molecule has 0 unspecified atom stereocenters. The molecule has 0 bridgehead atoms. The quantitative estimate of drug-likeness (QED) is 0.443. The highest BCUT2D eigenvalue weighted by atomic mass is 16.5. The van der Waals surface area contributed by atoms with E-state index in [-0.39, 0.29) is 30.7 Å². The second-order valence-corrected chi connectivity index (χ2v) is 6.67. The topological polar surface area (TPSA) is 44.8 Å². The molecule has 0 saturated carbocycles. The van der Waals surface area contributed by atoms with Gasteiger partial charge in [0.25, 0.3) is 0 Å². The van der Waals surface area contributed by atoms with Crippen molar-refractivity contribution >= 4 is 5.97 Å². The van der Waals surface area contributed by atoms with Gasteiger partial charge in [-0.15, -0.1) is 6.42 Å². The molecule has 0 N–H and O–H groups in total. The third-order valence-corrected chi connectivity index (χ3v) is 4.51. The zero-order chi connectivity index (χ0) is 18.9. The van der Waals surface area contributed by atoms with Crippen LogP contribution in [0, 0.1) is 18.3 Å². The van der Waals surface area contributed by atoms with Gasteiger partial charge in [0.1, 0.15) is 18.3 Å². The van der Waals surface area contributed by atoms with Crippen molar-refractivity contribution in [2.24, 2.45) is 5.92 Å². The molecular formula is C21H30O4. The van der Waals surface area contributed by atoms with Gasteiger partial charge in [-0.1, -0.05) is 31.1 Å². The number of allylic oxidation sites excluding steroid dienone is 1. The van der Waals surface area contributed by atoms with Gasteiger partial charge >= 0.3 is 5.97 Å². The molecule has 0 aromatic carbocycles. The van der Waals surface area contributed by atoms with Gasteiger partial charge in [0.2, 0.25) is 0 Å². The van der Waals surface area contributed by atoms with Gasteiger partial charge in [-0.3, -0.25) is 0 Å². The van der Waals surface area contributed by atoms with E-state index in [1.807, 2.05) is 32.9 Å². The van der Waals surface area contributed by atoms with Gasteiger partial charge in [0.05, 0.1) is 6.10 Å². The Morgan fingerprint density at radius 1 is 1.40 bits per heavy atom. The summed E-state index contributed by atoms with van der Waals surface area (Å²) in [5.74, 6) is 2.34. The first-order valence-corrected chi connectivity index (χ1v) is 8.67. The fraction of sp³-hybridized carbons (Fsp3) is 0.571. The molecular weight excluding hydrogens is 316 g/mol. The molecule has 0 amide bonds. The maximum absolute atomic E-state index is 12.1. The van der Waals surface area contributed by atoms with E-state index in [9.17, 15) is 4.79 Å². The number of hydrogen-bond acceptors (Lipinski definition) is 4. The zero-order valence-corrected chi connectivity index (χ0v) is 16.0. The predicted octanol–water partition coefficient (Wildman–Crippen LogP) is 3.83. The molecule has 0 saturated heterocycles. The molecule has 0 aromatic heterocycles. The van der Waals surface area contributed by atoms with E-state index in [0.29, 0.717) is 0 Å². The van der Waals surface area contributed by atoms with Crippen molar-refractivity contribution in [3.05, 3.63) is 36.0 Å². The SMILES string of the molecule is C#CCO[C@@]1(C)C=CC(=O)O[C@H](C)[C@@H](C)CC/C=C(\C)[C@@H](OC)/C=C/1. The van der Waals surface area contributed by atoms with Crippen LogP contribution in [-0.2, 0) is 19.0 Å². The minimum absolute atomic E-state index is 0.139. The van der Waals surface area contributed by atoms with Crippen molar-refractivity contribution < 1.29 is 19.0 Å². The summed E-state index contributed by atoms with van der Waals surface area (Å²) in [4.78, 5) is 12.1. The number of carbonyl (C=O) groups is 1. The standard InChI is InChI=1S/C21H30O4/c1-7-15-24-21(5)13-11-19(23-6)17(3)10-8-9-16(2)18(4)25-20(22)12-14-21/h1,10-14,16,18-19H,8-9,15H2,2-6H3/b13-11+,14-12?,17-10+/t16-,18+,19-,21+/m0/s1. The van der Waals surface area contributed by atoms with Crippen LogP contribution in [0.5, 0.6) is 0 Å². The maximum atomic E-state index is 12.1. The first-order chi connectivity index (χ1) is 11.8. The van der Waals surface area contributed by atoms with Crippen LogP contribution in [0.15, 0.2) is 36.0 Å². The molecule has 1 aliphatic heterocycles. The lowest BCUT2D eigenvalue weighted by Crippen LogP contribution is -2.26. The number of methoxy groups -OCH3 is 1. The average molecular weight is 346 g/mol. The Morgan fingerprint density at radius 3 is 2.76 bits per heavy atom. The van der Waals surface area contributed by atoms with Crippen molar-refractivity contribution in [3.63, 3.8) is 0 Å². The summed E-state index contributed by atoms with van der Waals surface area (Å²) < 4.78 is 16.8. The van der Waals surface area contributed by atoms with Crippen LogP contribution >= 0.6 is 0 Å². The normalized spacial score (nSPS) is 35.0. The lowest BCUT2D eigenvalue weighted by molar-refractivity contribution is -0.144. The second kappa shape index (κ2) is 10.2. The second-order valence-electron chi connectivity index (χ2n) is 6.67. The third-order valence-electron chi connectivity index (χ3n) is 4.51. The third kappa shape index (κ3) is 7.29. The summed E-state index contributed by atoms with van der Waals surface area (Å²) in [6.07, 6.45) is 15.9. The zero-order valence-electron chi connectivity index (χ0n) is 16.0. The molecule has 138 valence electrons. The van der Waals surface area contributed by atoms with E-state index in [2.05, 4.69) is 18.9 Å². The molecule has 1 rings (SSSR count). The van der Waals surface area contributed by atoms with E-state index in [1.54, 1.807) is 13.2 Å². The first-order valence-electron chi connectivity index (χ1n) is 8.67. The summed E-state index contributed by atoms with van der Waals surface area (Å²) in [5.41, 5.74) is 0.317. The van der Waals surface area contributed by atoms with Gasteiger partial charge in [0.15, 0.2) is 0 Å². The van der Waals surface area contributed by atoms with Gasteiger partial charge in [-0.2, -0.15) is 0 Å². The van der Waals surface area contributed by atoms with Crippen molar-refractivity contribution in [1.82, 2.24) is 0 Å². The minimum atomic E-state index is -0.818. The average Bonchev–Trinajstić information content (AvgIpc) is 2.58. The van der Waals surface area contributed by atoms with Crippen molar-refractivity contribution in [2.75, 3.05) is 13.7 Å². The molecule has 0 fully saturated rings. The van der Waals surface area contributed by atoms with Crippen LogP contribution < -0.4 is 0 Å². The number of cyclic esters (lactones) is 1. The number of rotatable bonds is 3.